The molecule has 0 bridgehead atoms. The van der Waals surface area contributed by atoms with E-state index in [-0.39, 0.29) is 11.9 Å². The minimum absolute atomic E-state index is 0.0189. The molecule has 2 aromatic carbocycles. The number of pyridine rings is 1. The minimum atomic E-state index is 0.0189. The van der Waals surface area contributed by atoms with Crippen molar-refractivity contribution < 1.29 is 4.79 Å². The number of anilines is 1. The van der Waals surface area contributed by atoms with Crippen LogP contribution in [0.2, 0.25) is 0 Å². The maximum absolute atomic E-state index is 12.7. The largest absolute Gasteiger partial charge is 0.371 e. The Kier molecular flexibility index (Phi) is 3.88. The molecule has 0 fully saturated rings. The van der Waals surface area contributed by atoms with E-state index in [1.165, 1.54) is 5.56 Å². The molecule has 0 aliphatic carbocycles. The summed E-state index contributed by atoms with van der Waals surface area (Å²) in [4.78, 5) is 20.6. The summed E-state index contributed by atoms with van der Waals surface area (Å²) in [6.07, 6.45) is 0. The predicted octanol–water partition coefficient (Wildman–Crippen LogP) is 4.99. The lowest BCUT2D eigenvalue weighted by atomic mass is 10.0. The third kappa shape index (κ3) is 2.66. The Balaban J connectivity index is 1.74. The van der Waals surface area contributed by atoms with E-state index in [2.05, 4.69) is 72.7 Å². The highest BCUT2D eigenvalue weighted by Gasteiger charge is 2.27. The van der Waals surface area contributed by atoms with Crippen LogP contribution in [0.4, 0.5) is 5.69 Å². The van der Waals surface area contributed by atoms with Crippen LogP contribution in [0.25, 0.3) is 32.2 Å². The van der Waals surface area contributed by atoms with Crippen LogP contribution in [-0.4, -0.2) is 30.5 Å². The molecule has 0 saturated heterocycles. The number of nitrogens with zero attached hydrogens (tertiary/aromatic N) is 2. The zero-order valence-corrected chi connectivity index (χ0v) is 16.9. The first-order chi connectivity index (χ1) is 13.5. The number of aryl methyl sites for hydroxylation is 1. The van der Waals surface area contributed by atoms with Crippen LogP contribution in [0.3, 0.4) is 0 Å². The van der Waals surface area contributed by atoms with E-state index in [1.54, 1.807) is 11.3 Å². The quantitative estimate of drug-likeness (QED) is 0.500. The number of likely N-dealkylation sites (N-methyl/N-ethyl adjacent to an activating group) is 1. The van der Waals surface area contributed by atoms with Gasteiger partial charge in [-0.15, -0.1) is 11.3 Å². The predicted molar refractivity (Wildman–Crippen MR) is 117 cm³/mol. The molecule has 0 radical (unpaired) electrons. The molecule has 4 nitrogen and oxygen atoms in total. The van der Waals surface area contributed by atoms with Crippen molar-refractivity contribution in [1.29, 1.82) is 0 Å². The van der Waals surface area contributed by atoms with Gasteiger partial charge in [0, 0.05) is 40.7 Å². The SMILES string of the molecule is Cc1ccc(-c2ccc3c(ccc4sc5c(c43)N(C)C[C@@H](C)NC5=O)n2)cc1. The second kappa shape index (κ2) is 6.31. The van der Waals surface area contributed by atoms with Crippen molar-refractivity contribution in [2.24, 2.45) is 0 Å². The van der Waals surface area contributed by atoms with Crippen LogP contribution in [0.5, 0.6) is 0 Å². The van der Waals surface area contributed by atoms with Gasteiger partial charge < -0.3 is 10.2 Å². The lowest BCUT2D eigenvalue weighted by molar-refractivity contribution is 0.0949. The summed E-state index contributed by atoms with van der Waals surface area (Å²) in [5.74, 6) is 0.0189. The highest BCUT2D eigenvalue weighted by Crippen LogP contribution is 2.43. The molecule has 1 atom stereocenters. The van der Waals surface area contributed by atoms with Crippen LogP contribution in [0.15, 0.2) is 48.5 Å². The zero-order valence-electron chi connectivity index (χ0n) is 16.1. The van der Waals surface area contributed by atoms with Gasteiger partial charge in [0.2, 0.25) is 0 Å². The van der Waals surface area contributed by atoms with E-state index in [4.69, 9.17) is 4.98 Å². The van der Waals surface area contributed by atoms with E-state index >= 15 is 0 Å². The Morgan fingerprint density at radius 1 is 1.11 bits per heavy atom. The topological polar surface area (TPSA) is 45.2 Å². The number of benzene rings is 2. The molecule has 140 valence electrons. The first-order valence-electron chi connectivity index (χ1n) is 9.46. The summed E-state index contributed by atoms with van der Waals surface area (Å²) in [7, 11) is 2.06. The third-order valence-corrected chi connectivity index (χ3v) is 6.50. The Bertz CT molecular complexity index is 1230. The molecule has 1 amide bonds. The van der Waals surface area contributed by atoms with E-state index < -0.39 is 0 Å². The smallest absolute Gasteiger partial charge is 0.263 e. The first-order valence-corrected chi connectivity index (χ1v) is 10.3. The average molecular weight is 388 g/mol. The van der Waals surface area contributed by atoms with Gasteiger partial charge in [0.1, 0.15) is 4.88 Å². The fraction of sp³-hybridized carbons (Fsp3) is 0.217. The van der Waals surface area contributed by atoms with Gasteiger partial charge in [-0.3, -0.25) is 4.79 Å². The molecule has 0 spiro atoms. The summed E-state index contributed by atoms with van der Waals surface area (Å²) in [5.41, 5.74) is 5.30. The Hall–Kier alpha value is -2.92. The Morgan fingerprint density at radius 3 is 2.68 bits per heavy atom. The standard InChI is InChI=1S/C23H21N3OS/c1-13-4-6-15(7-5-13)17-9-8-16-18(25-17)10-11-19-20(16)21-22(28-19)23(27)24-14(2)12-26(21)3/h4-11,14H,12H2,1-3H3,(H,24,27)/t14-/m1/s1. The second-order valence-electron chi connectivity index (χ2n) is 7.60. The molecule has 5 heteroatoms. The van der Waals surface area contributed by atoms with E-state index in [0.29, 0.717) is 0 Å². The summed E-state index contributed by atoms with van der Waals surface area (Å²) < 4.78 is 1.12. The van der Waals surface area contributed by atoms with Gasteiger partial charge in [0.25, 0.3) is 5.91 Å². The Morgan fingerprint density at radius 2 is 1.89 bits per heavy atom. The Labute approximate surface area is 167 Å². The van der Waals surface area contributed by atoms with Gasteiger partial charge >= 0.3 is 0 Å². The number of rotatable bonds is 1. The van der Waals surface area contributed by atoms with Crippen molar-refractivity contribution in [2.75, 3.05) is 18.5 Å². The third-order valence-electron chi connectivity index (χ3n) is 5.36. The molecule has 2 aromatic heterocycles. The fourth-order valence-corrected chi connectivity index (χ4v) is 5.20. The van der Waals surface area contributed by atoms with E-state index in [1.807, 2.05) is 6.92 Å². The van der Waals surface area contributed by atoms with Gasteiger partial charge in [0.15, 0.2) is 0 Å². The molecule has 5 rings (SSSR count). The van der Waals surface area contributed by atoms with Gasteiger partial charge in [-0.2, -0.15) is 0 Å². The summed E-state index contributed by atoms with van der Waals surface area (Å²) in [5, 5.41) is 5.32. The number of amides is 1. The number of fused-ring (bicyclic) bond motifs is 5. The zero-order chi connectivity index (χ0) is 19.4. The van der Waals surface area contributed by atoms with Gasteiger partial charge in [-0.1, -0.05) is 29.8 Å². The van der Waals surface area contributed by atoms with Crippen molar-refractivity contribution in [3.63, 3.8) is 0 Å². The van der Waals surface area contributed by atoms with Crippen LogP contribution in [0.1, 0.15) is 22.2 Å². The lowest BCUT2D eigenvalue weighted by Crippen LogP contribution is -2.36. The molecule has 0 saturated carbocycles. The van der Waals surface area contributed by atoms with Crippen LogP contribution >= 0.6 is 11.3 Å². The van der Waals surface area contributed by atoms with Crippen molar-refractivity contribution in [1.82, 2.24) is 10.3 Å². The number of carbonyl (C=O) groups is 1. The molecule has 1 aliphatic rings. The molecule has 28 heavy (non-hydrogen) atoms. The maximum atomic E-state index is 12.7. The van der Waals surface area contributed by atoms with Crippen LogP contribution in [-0.2, 0) is 0 Å². The molecule has 3 heterocycles. The molecule has 4 aromatic rings. The second-order valence-corrected chi connectivity index (χ2v) is 8.65. The molecule has 1 aliphatic heterocycles. The number of thiophene rings is 1. The molecule has 1 N–H and O–H groups in total. The fourth-order valence-electron chi connectivity index (χ4n) is 4.03. The van der Waals surface area contributed by atoms with E-state index in [0.717, 1.165) is 49.4 Å². The monoisotopic (exact) mass is 387 g/mol. The first kappa shape index (κ1) is 17.2. The van der Waals surface area contributed by atoms with Gasteiger partial charge in [-0.05, 0) is 38.1 Å². The minimum Gasteiger partial charge on any atom is -0.371 e. The number of aromatic nitrogens is 1. The summed E-state index contributed by atoms with van der Waals surface area (Å²) >= 11 is 1.56. The van der Waals surface area contributed by atoms with Gasteiger partial charge in [0.05, 0.1) is 16.9 Å². The maximum Gasteiger partial charge on any atom is 0.263 e. The van der Waals surface area contributed by atoms with E-state index in [9.17, 15) is 4.79 Å². The van der Waals surface area contributed by atoms with Crippen molar-refractivity contribution in [2.45, 2.75) is 19.9 Å². The van der Waals surface area contributed by atoms with Crippen molar-refractivity contribution in [3.05, 3.63) is 59.0 Å². The number of nitrogens with one attached hydrogen (secondary N) is 1. The highest BCUT2D eigenvalue weighted by atomic mass is 32.1. The number of carbonyl (C=O) groups excluding carboxylic acids is 1. The van der Waals surface area contributed by atoms with Crippen LogP contribution in [0, 0.1) is 6.92 Å². The summed E-state index contributed by atoms with van der Waals surface area (Å²) in [6, 6.07) is 16.9. The normalized spacial score (nSPS) is 16.9. The molecule has 0 unspecified atom stereocenters. The summed E-state index contributed by atoms with van der Waals surface area (Å²) in [6.45, 7) is 4.92. The highest BCUT2D eigenvalue weighted by molar-refractivity contribution is 7.21. The van der Waals surface area contributed by atoms with Crippen molar-refractivity contribution in [3.8, 4) is 11.3 Å². The van der Waals surface area contributed by atoms with Crippen LogP contribution < -0.4 is 10.2 Å². The number of hydrogen-bond acceptors (Lipinski definition) is 4. The van der Waals surface area contributed by atoms with Crippen molar-refractivity contribution >= 4 is 43.9 Å². The average Bonchev–Trinajstić information content (AvgIpc) is 3.04. The van der Waals surface area contributed by atoms with Gasteiger partial charge in [-0.25, -0.2) is 4.98 Å². The molecular weight excluding hydrogens is 366 g/mol. The number of hydrogen-bond donors (Lipinski definition) is 1. The lowest BCUT2D eigenvalue weighted by Gasteiger charge is -2.20. The molecular formula is C23H21N3OS.